The number of hydrogen-bond donors (Lipinski definition) is 1. The molecule has 1 unspecified atom stereocenters. The van der Waals surface area contributed by atoms with Gasteiger partial charge in [0.25, 0.3) is 0 Å². The summed E-state index contributed by atoms with van der Waals surface area (Å²) in [4.78, 5) is 26.1. The normalized spacial score (nSPS) is 22.0. The number of rotatable bonds is 3. The number of nitrogens with one attached hydrogen (secondary N) is 1. The Morgan fingerprint density at radius 3 is 2.54 bits per heavy atom. The van der Waals surface area contributed by atoms with Crippen LogP contribution < -0.4 is 5.32 Å². The highest BCUT2D eigenvalue weighted by molar-refractivity contribution is 8.04. The maximum atomic E-state index is 11.9. The van der Waals surface area contributed by atoms with Crippen molar-refractivity contribution in [2.75, 3.05) is 6.61 Å². The average Bonchev–Trinajstić information content (AvgIpc) is 2.52. The molecule has 0 bridgehead atoms. The minimum absolute atomic E-state index is 0.0122. The van der Waals surface area contributed by atoms with Crippen LogP contribution in [-0.2, 0) is 9.53 Å². The predicted octanol–water partition coefficient (Wildman–Crippen LogP) is 4.33. The average molecular weight is 412 g/mol. The van der Waals surface area contributed by atoms with E-state index in [1.807, 2.05) is 26.0 Å². The zero-order valence-electron chi connectivity index (χ0n) is 13.1. The van der Waals surface area contributed by atoms with Crippen molar-refractivity contribution in [2.45, 2.75) is 29.3 Å². The van der Waals surface area contributed by atoms with Gasteiger partial charge in [-0.3, -0.25) is 9.69 Å². The summed E-state index contributed by atoms with van der Waals surface area (Å²) in [7, 11) is 0. The molecule has 0 saturated carbocycles. The van der Waals surface area contributed by atoms with E-state index in [1.165, 1.54) is 4.90 Å². The fourth-order valence-corrected chi connectivity index (χ4v) is 3.56. The van der Waals surface area contributed by atoms with Crippen LogP contribution in [0, 0.1) is 5.92 Å². The highest BCUT2D eigenvalue weighted by Gasteiger charge is 2.29. The summed E-state index contributed by atoms with van der Waals surface area (Å²) < 4.78 is 3.27. The van der Waals surface area contributed by atoms with Gasteiger partial charge in [0.05, 0.1) is 5.25 Å². The van der Waals surface area contributed by atoms with Gasteiger partial charge in [0.15, 0.2) is 0 Å². The Morgan fingerprint density at radius 2 is 2.00 bits per heavy atom. The van der Waals surface area contributed by atoms with Crippen LogP contribution in [-0.4, -0.2) is 32.5 Å². The lowest BCUT2D eigenvalue weighted by molar-refractivity contribution is -0.120. The van der Waals surface area contributed by atoms with E-state index in [0.29, 0.717) is 0 Å². The molecule has 0 aromatic carbocycles. The van der Waals surface area contributed by atoms with Gasteiger partial charge in [0.2, 0.25) is 9.70 Å². The molecule has 5 nitrogen and oxygen atoms in total. The lowest BCUT2D eigenvalue weighted by Crippen LogP contribution is -2.36. The van der Waals surface area contributed by atoms with Gasteiger partial charge in [0.1, 0.15) is 6.61 Å². The number of alkyl halides is 3. The van der Waals surface area contributed by atoms with E-state index in [1.54, 1.807) is 24.2 Å². The molecule has 0 aromatic heterocycles. The Balaban J connectivity index is 2.00. The molecule has 0 fully saturated rings. The van der Waals surface area contributed by atoms with Crippen LogP contribution in [0.1, 0.15) is 20.3 Å². The van der Waals surface area contributed by atoms with Crippen molar-refractivity contribution in [1.82, 2.24) is 10.2 Å². The van der Waals surface area contributed by atoms with Crippen LogP contribution in [0.3, 0.4) is 0 Å². The second-order valence-electron chi connectivity index (χ2n) is 5.28. The van der Waals surface area contributed by atoms with E-state index in [9.17, 15) is 9.59 Å². The summed E-state index contributed by atoms with van der Waals surface area (Å²) in [6.45, 7) is 3.52. The quantitative estimate of drug-likeness (QED) is 0.702. The Morgan fingerprint density at radius 1 is 1.38 bits per heavy atom. The molecule has 1 N–H and O–H groups in total. The molecule has 1 atom stereocenters. The molecule has 2 rings (SSSR count). The van der Waals surface area contributed by atoms with Crippen LogP contribution in [0.5, 0.6) is 0 Å². The van der Waals surface area contributed by atoms with Gasteiger partial charge >= 0.3 is 6.09 Å². The number of ether oxygens (including phenoxy) is 1. The molecule has 2 amide bonds. The van der Waals surface area contributed by atoms with Crippen molar-refractivity contribution < 1.29 is 14.3 Å². The first-order chi connectivity index (χ1) is 11.2. The molecule has 2 aliphatic rings. The molecule has 0 radical (unpaired) electrons. The first-order valence-electron chi connectivity index (χ1n) is 7.28. The molecule has 2 heterocycles. The zero-order chi connectivity index (χ0) is 17.9. The second kappa shape index (κ2) is 8.04. The molecule has 24 heavy (non-hydrogen) atoms. The van der Waals surface area contributed by atoms with Crippen molar-refractivity contribution in [3.05, 3.63) is 35.2 Å². The number of nitrogens with zero attached hydrogens (tertiary/aromatic N) is 1. The highest BCUT2D eigenvalue weighted by Crippen LogP contribution is 2.37. The van der Waals surface area contributed by atoms with Gasteiger partial charge in [-0.15, -0.1) is 11.8 Å². The first-order valence-corrected chi connectivity index (χ1v) is 9.29. The minimum Gasteiger partial charge on any atom is -0.444 e. The Labute approximate surface area is 160 Å². The van der Waals surface area contributed by atoms with Crippen LogP contribution in [0.2, 0.25) is 0 Å². The Hall–Kier alpha value is -0.820. The highest BCUT2D eigenvalue weighted by atomic mass is 35.6. The minimum atomic E-state index is -1.64. The van der Waals surface area contributed by atoms with E-state index in [-0.39, 0.29) is 23.7 Å². The van der Waals surface area contributed by atoms with Crippen LogP contribution in [0.4, 0.5) is 4.79 Å². The monoisotopic (exact) mass is 410 g/mol. The molecule has 9 heteroatoms. The third-order valence-electron chi connectivity index (χ3n) is 3.39. The summed E-state index contributed by atoms with van der Waals surface area (Å²) >= 11 is 18.2. The largest absolute Gasteiger partial charge is 0.444 e. The van der Waals surface area contributed by atoms with Crippen molar-refractivity contribution in [3.63, 3.8) is 0 Å². The van der Waals surface area contributed by atoms with Crippen LogP contribution >= 0.6 is 46.6 Å². The molecule has 0 aromatic rings. The van der Waals surface area contributed by atoms with E-state index in [4.69, 9.17) is 39.5 Å². The third kappa shape index (κ3) is 5.09. The molecule has 0 saturated heterocycles. The number of hydrogen-bond acceptors (Lipinski definition) is 4. The van der Waals surface area contributed by atoms with Gasteiger partial charge in [-0.25, -0.2) is 4.79 Å². The number of allylic oxidation sites excluding steroid dienone is 4. The van der Waals surface area contributed by atoms with Crippen LogP contribution in [0.25, 0.3) is 0 Å². The van der Waals surface area contributed by atoms with Crippen molar-refractivity contribution in [1.29, 1.82) is 0 Å². The number of halogens is 3. The third-order valence-corrected chi connectivity index (χ3v) is 5.39. The Bertz CT molecular complexity index is 600. The summed E-state index contributed by atoms with van der Waals surface area (Å²) in [6.07, 6.45) is 7.03. The standard InChI is InChI=1S/C15H17Cl3N2O3S/c1-3-11-13(21)19-9(2)12(24-11)10-4-6-20(7-5-10)14(22)23-8-15(16,17)18/h4-7,10-11H,3,8H2,1-2H3,(H,19,21). The summed E-state index contributed by atoms with van der Waals surface area (Å²) in [6, 6.07) is 0. The second-order valence-corrected chi connectivity index (χ2v) is 9.04. The predicted molar refractivity (Wildman–Crippen MR) is 97.8 cm³/mol. The maximum Gasteiger partial charge on any atom is 0.418 e. The SMILES string of the molecule is CCC1SC(C2C=CN(C(=O)OCC(Cl)(Cl)Cl)C=C2)=C(C)NC1=O. The van der Waals surface area contributed by atoms with Gasteiger partial charge in [-0.1, -0.05) is 53.9 Å². The van der Waals surface area contributed by atoms with Crippen molar-refractivity contribution in [3.8, 4) is 0 Å². The summed E-state index contributed by atoms with van der Waals surface area (Å²) in [5.41, 5.74) is 0.834. The zero-order valence-corrected chi connectivity index (χ0v) is 16.2. The molecular weight excluding hydrogens is 395 g/mol. The fraction of sp³-hybridized carbons (Fsp3) is 0.467. The van der Waals surface area contributed by atoms with Gasteiger partial charge in [0, 0.05) is 28.9 Å². The number of amides is 2. The maximum absolute atomic E-state index is 11.9. The number of carbonyl (C=O) groups is 2. The first kappa shape index (κ1) is 19.5. The lowest BCUT2D eigenvalue weighted by atomic mass is 10.1. The van der Waals surface area contributed by atoms with Gasteiger partial charge in [-0.2, -0.15) is 0 Å². The van der Waals surface area contributed by atoms with Gasteiger partial charge in [-0.05, 0) is 13.3 Å². The smallest absolute Gasteiger partial charge is 0.418 e. The number of thioether (sulfide) groups is 1. The molecule has 132 valence electrons. The molecule has 2 aliphatic heterocycles. The van der Waals surface area contributed by atoms with Gasteiger partial charge < -0.3 is 10.1 Å². The van der Waals surface area contributed by atoms with Crippen molar-refractivity contribution >= 4 is 58.6 Å². The van der Waals surface area contributed by atoms with E-state index >= 15 is 0 Å². The van der Waals surface area contributed by atoms with E-state index in [0.717, 1.165) is 17.0 Å². The fourth-order valence-electron chi connectivity index (χ4n) is 2.22. The molecular formula is C15H17Cl3N2O3S. The van der Waals surface area contributed by atoms with E-state index < -0.39 is 9.89 Å². The van der Waals surface area contributed by atoms with Crippen molar-refractivity contribution in [2.24, 2.45) is 5.92 Å². The Kier molecular flexibility index (Phi) is 6.53. The van der Waals surface area contributed by atoms with E-state index in [2.05, 4.69) is 5.32 Å². The molecule has 0 aliphatic carbocycles. The molecule has 0 spiro atoms. The topological polar surface area (TPSA) is 58.6 Å². The summed E-state index contributed by atoms with van der Waals surface area (Å²) in [5.74, 6) is 0.0197. The summed E-state index contributed by atoms with van der Waals surface area (Å²) in [5, 5.41) is 2.80. The lowest BCUT2D eigenvalue weighted by Gasteiger charge is -2.29. The number of carbonyl (C=O) groups excluding carboxylic acids is 2. The van der Waals surface area contributed by atoms with Crippen LogP contribution in [0.15, 0.2) is 35.2 Å².